The molecule has 7 heteroatoms. The molecule has 0 amide bonds. The SMILES string of the molecule is Cc1ccc2nc(C(Nc3ncc(F)c(N(C)C)n3)C(C)C)[nH]c2c1. The Morgan fingerprint density at radius 2 is 1.96 bits per heavy atom. The zero-order chi connectivity index (χ0) is 18.1. The number of halogens is 1. The summed E-state index contributed by atoms with van der Waals surface area (Å²) in [6, 6.07) is 5.99. The van der Waals surface area contributed by atoms with Gasteiger partial charge in [-0.15, -0.1) is 0 Å². The summed E-state index contributed by atoms with van der Waals surface area (Å²) < 4.78 is 13.8. The van der Waals surface area contributed by atoms with Crippen molar-refractivity contribution in [2.24, 2.45) is 5.92 Å². The number of fused-ring (bicyclic) bond motifs is 1. The summed E-state index contributed by atoms with van der Waals surface area (Å²) >= 11 is 0. The third-order valence-electron chi connectivity index (χ3n) is 4.05. The van der Waals surface area contributed by atoms with Gasteiger partial charge in [0, 0.05) is 14.1 Å². The third-order valence-corrected chi connectivity index (χ3v) is 4.05. The Bertz CT molecular complexity index is 886. The van der Waals surface area contributed by atoms with Crippen molar-refractivity contribution in [3.8, 4) is 0 Å². The van der Waals surface area contributed by atoms with Crippen LogP contribution in [0.2, 0.25) is 0 Å². The number of aromatic nitrogens is 4. The van der Waals surface area contributed by atoms with E-state index in [0.717, 1.165) is 16.9 Å². The fourth-order valence-corrected chi connectivity index (χ4v) is 2.72. The topological polar surface area (TPSA) is 69.7 Å². The lowest BCUT2D eigenvalue weighted by Gasteiger charge is -2.21. The first-order valence-electron chi connectivity index (χ1n) is 8.28. The van der Waals surface area contributed by atoms with E-state index in [9.17, 15) is 4.39 Å². The Kier molecular flexibility index (Phi) is 4.57. The lowest BCUT2D eigenvalue weighted by Crippen LogP contribution is -2.21. The van der Waals surface area contributed by atoms with Crippen molar-refractivity contribution >= 4 is 22.8 Å². The smallest absolute Gasteiger partial charge is 0.225 e. The number of imidazole rings is 1. The number of rotatable bonds is 5. The zero-order valence-electron chi connectivity index (χ0n) is 15.1. The minimum Gasteiger partial charge on any atom is -0.360 e. The van der Waals surface area contributed by atoms with Gasteiger partial charge in [-0.25, -0.2) is 14.4 Å². The van der Waals surface area contributed by atoms with E-state index in [1.54, 1.807) is 19.0 Å². The molecule has 0 aliphatic carbocycles. The second-order valence-corrected chi connectivity index (χ2v) is 6.77. The predicted octanol–water partition coefficient (Wildman–Crippen LogP) is 3.68. The number of aromatic amines is 1. The molecule has 0 fully saturated rings. The lowest BCUT2D eigenvalue weighted by molar-refractivity contribution is 0.522. The van der Waals surface area contributed by atoms with Crippen molar-refractivity contribution < 1.29 is 4.39 Å². The minimum absolute atomic E-state index is 0.117. The molecule has 2 heterocycles. The second-order valence-electron chi connectivity index (χ2n) is 6.77. The highest BCUT2D eigenvalue weighted by Gasteiger charge is 2.21. The largest absolute Gasteiger partial charge is 0.360 e. The maximum atomic E-state index is 13.8. The molecule has 1 unspecified atom stereocenters. The summed E-state index contributed by atoms with van der Waals surface area (Å²) in [7, 11) is 3.49. The van der Waals surface area contributed by atoms with Crippen LogP contribution >= 0.6 is 0 Å². The molecule has 0 spiro atoms. The second kappa shape index (κ2) is 6.66. The van der Waals surface area contributed by atoms with Crippen LogP contribution in [0, 0.1) is 18.7 Å². The molecule has 1 atom stereocenters. The van der Waals surface area contributed by atoms with Crippen molar-refractivity contribution in [2.45, 2.75) is 26.8 Å². The van der Waals surface area contributed by atoms with E-state index in [4.69, 9.17) is 0 Å². The van der Waals surface area contributed by atoms with Gasteiger partial charge < -0.3 is 15.2 Å². The number of aryl methyl sites for hydroxylation is 1. The predicted molar refractivity (Wildman–Crippen MR) is 98.3 cm³/mol. The number of nitrogens with zero attached hydrogens (tertiary/aromatic N) is 4. The normalized spacial score (nSPS) is 12.6. The molecule has 0 saturated carbocycles. The first kappa shape index (κ1) is 17.1. The molecular formula is C18H23FN6. The highest BCUT2D eigenvalue weighted by atomic mass is 19.1. The van der Waals surface area contributed by atoms with Crippen LogP contribution in [0.1, 0.15) is 31.3 Å². The van der Waals surface area contributed by atoms with Crippen LogP contribution in [0.4, 0.5) is 16.2 Å². The van der Waals surface area contributed by atoms with Crippen molar-refractivity contribution in [3.05, 3.63) is 41.6 Å². The number of benzene rings is 1. The van der Waals surface area contributed by atoms with E-state index in [0.29, 0.717) is 5.95 Å². The van der Waals surface area contributed by atoms with Crippen LogP contribution in [-0.4, -0.2) is 34.0 Å². The van der Waals surface area contributed by atoms with Crippen LogP contribution in [0.3, 0.4) is 0 Å². The molecule has 25 heavy (non-hydrogen) atoms. The highest BCUT2D eigenvalue weighted by molar-refractivity contribution is 5.76. The van der Waals surface area contributed by atoms with Crippen LogP contribution in [-0.2, 0) is 0 Å². The molecule has 0 aliphatic heterocycles. The molecule has 0 radical (unpaired) electrons. The number of hydrogen-bond acceptors (Lipinski definition) is 5. The van der Waals surface area contributed by atoms with Gasteiger partial charge in [-0.05, 0) is 30.5 Å². The first-order chi connectivity index (χ1) is 11.8. The quantitative estimate of drug-likeness (QED) is 0.740. The number of H-pyrrole nitrogens is 1. The van der Waals surface area contributed by atoms with Gasteiger partial charge in [0.25, 0.3) is 0 Å². The average Bonchev–Trinajstić information content (AvgIpc) is 2.95. The molecule has 0 saturated heterocycles. The highest BCUT2D eigenvalue weighted by Crippen LogP contribution is 2.26. The minimum atomic E-state index is -0.448. The van der Waals surface area contributed by atoms with E-state index in [2.05, 4.69) is 45.2 Å². The van der Waals surface area contributed by atoms with E-state index < -0.39 is 5.82 Å². The fourth-order valence-electron chi connectivity index (χ4n) is 2.72. The summed E-state index contributed by atoms with van der Waals surface area (Å²) in [6.07, 6.45) is 1.18. The molecule has 1 aromatic carbocycles. The standard InChI is InChI=1S/C18H23FN6/c1-10(2)15(16-21-13-7-6-11(3)8-14(13)22-16)23-18-20-9-12(19)17(24-18)25(4)5/h6-10,15H,1-5H3,(H,21,22)(H,20,23,24). The van der Waals surface area contributed by atoms with Crippen LogP contribution in [0.15, 0.2) is 24.4 Å². The third kappa shape index (κ3) is 3.55. The molecule has 3 rings (SSSR count). The van der Waals surface area contributed by atoms with E-state index in [-0.39, 0.29) is 17.8 Å². The average molecular weight is 342 g/mol. The van der Waals surface area contributed by atoms with Crippen LogP contribution < -0.4 is 10.2 Å². The molecular weight excluding hydrogens is 319 g/mol. The van der Waals surface area contributed by atoms with Crippen LogP contribution in [0.25, 0.3) is 11.0 Å². The van der Waals surface area contributed by atoms with Crippen molar-refractivity contribution in [1.82, 2.24) is 19.9 Å². The Morgan fingerprint density at radius 3 is 2.64 bits per heavy atom. The van der Waals surface area contributed by atoms with Gasteiger partial charge in [0.1, 0.15) is 5.82 Å². The van der Waals surface area contributed by atoms with Gasteiger partial charge in [0.05, 0.1) is 23.3 Å². The lowest BCUT2D eigenvalue weighted by atomic mass is 10.0. The Labute approximate surface area is 146 Å². The number of anilines is 2. The van der Waals surface area contributed by atoms with Crippen molar-refractivity contribution in [2.75, 3.05) is 24.3 Å². The summed E-state index contributed by atoms with van der Waals surface area (Å²) in [4.78, 5) is 18.0. The van der Waals surface area contributed by atoms with E-state index >= 15 is 0 Å². The van der Waals surface area contributed by atoms with E-state index in [1.165, 1.54) is 11.8 Å². The van der Waals surface area contributed by atoms with Gasteiger partial charge in [-0.1, -0.05) is 19.9 Å². The van der Waals surface area contributed by atoms with Gasteiger partial charge in [-0.2, -0.15) is 4.98 Å². The van der Waals surface area contributed by atoms with Gasteiger partial charge in [0.2, 0.25) is 5.95 Å². The Hall–Kier alpha value is -2.70. The van der Waals surface area contributed by atoms with Gasteiger partial charge >= 0.3 is 0 Å². The molecule has 0 aliphatic rings. The van der Waals surface area contributed by atoms with Crippen LogP contribution in [0.5, 0.6) is 0 Å². The van der Waals surface area contributed by atoms with E-state index in [1.807, 2.05) is 19.1 Å². The summed E-state index contributed by atoms with van der Waals surface area (Å²) in [5, 5.41) is 3.28. The molecule has 132 valence electrons. The van der Waals surface area contributed by atoms with Crippen molar-refractivity contribution in [1.29, 1.82) is 0 Å². The monoisotopic (exact) mass is 342 g/mol. The summed E-state index contributed by atoms with van der Waals surface area (Å²) in [5.41, 5.74) is 3.09. The Morgan fingerprint density at radius 1 is 1.20 bits per heavy atom. The van der Waals surface area contributed by atoms with Gasteiger partial charge in [-0.3, -0.25) is 0 Å². The molecule has 6 nitrogen and oxygen atoms in total. The van der Waals surface area contributed by atoms with Gasteiger partial charge in [0.15, 0.2) is 11.6 Å². The fraction of sp³-hybridized carbons (Fsp3) is 0.389. The molecule has 2 aromatic heterocycles. The first-order valence-corrected chi connectivity index (χ1v) is 8.28. The maximum Gasteiger partial charge on any atom is 0.225 e. The molecule has 0 bridgehead atoms. The number of nitrogens with one attached hydrogen (secondary N) is 2. The molecule has 3 aromatic rings. The van der Waals surface area contributed by atoms with Crippen molar-refractivity contribution in [3.63, 3.8) is 0 Å². The molecule has 2 N–H and O–H groups in total. The number of hydrogen-bond donors (Lipinski definition) is 2. The zero-order valence-corrected chi connectivity index (χ0v) is 15.1. The summed E-state index contributed by atoms with van der Waals surface area (Å²) in [6.45, 7) is 6.23. The maximum absolute atomic E-state index is 13.8. The Balaban J connectivity index is 1.94. The summed E-state index contributed by atoms with van der Waals surface area (Å²) in [5.74, 6) is 1.23.